The molecule has 0 aliphatic rings. The maximum Gasteiger partial charge on any atom is 0.323 e. The van der Waals surface area contributed by atoms with E-state index in [1.54, 1.807) is 43.3 Å². The first kappa shape index (κ1) is 29.8. The van der Waals surface area contributed by atoms with Crippen LogP contribution in [0.15, 0.2) is 109 Å². The molecule has 4 rings (SSSR count). The van der Waals surface area contributed by atoms with Gasteiger partial charge in [0.25, 0.3) is 5.69 Å². The number of carbonyl (C=O) groups excluding carboxylic acids is 2. The summed E-state index contributed by atoms with van der Waals surface area (Å²) in [5.41, 5.74) is 8.80. The number of hydrogen-bond acceptors (Lipinski definition) is 6. The number of aliphatic hydroxyl groups excluding tert-OH is 1. The Balaban J connectivity index is 0.000000250. The largest absolute Gasteiger partial charge is 0.399 e. The molecule has 11 nitrogen and oxygen atoms in total. The molecule has 0 fully saturated rings. The van der Waals surface area contributed by atoms with Crippen molar-refractivity contribution >= 4 is 46.2 Å². The van der Waals surface area contributed by atoms with E-state index in [2.05, 4.69) is 21.3 Å². The number of non-ortho nitro benzene ring substituents is 1. The average Bonchev–Trinajstić information content (AvgIpc) is 2.92. The Labute approximate surface area is 225 Å². The van der Waals surface area contributed by atoms with Crippen molar-refractivity contribution in [2.45, 2.75) is 6.92 Å². The van der Waals surface area contributed by atoms with Gasteiger partial charge >= 0.3 is 12.1 Å². The van der Waals surface area contributed by atoms with Crippen LogP contribution < -0.4 is 27.0 Å². The zero-order chi connectivity index (χ0) is 28.5. The third kappa shape index (κ3) is 11.9. The molecule has 0 spiro atoms. The maximum absolute atomic E-state index is 11.6. The summed E-state index contributed by atoms with van der Waals surface area (Å²) in [6.45, 7) is 1.93. The molecule has 0 radical (unpaired) electrons. The van der Waals surface area contributed by atoms with Gasteiger partial charge in [0.2, 0.25) is 0 Å². The molecule has 0 unspecified atom stereocenters. The van der Waals surface area contributed by atoms with Crippen LogP contribution in [-0.4, -0.2) is 28.7 Å². The Morgan fingerprint density at radius 1 is 0.667 bits per heavy atom. The van der Waals surface area contributed by atoms with Crippen LogP contribution in [0.25, 0.3) is 0 Å². The quantitative estimate of drug-likeness (QED) is 0.103. The summed E-state index contributed by atoms with van der Waals surface area (Å²) in [4.78, 5) is 33.2. The molecule has 0 saturated heterocycles. The SMILES string of the molecule is CCO.Nc1ccc(NC(=O)Nc2ccccc2)cc1.O=C(Nc1ccccc1)Nc1ccc([N+](=O)[O-])cc1. The molecule has 0 saturated carbocycles. The number of amides is 4. The minimum Gasteiger partial charge on any atom is -0.399 e. The lowest BCUT2D eigenvalue weighted by atomic mass is 10.3. The number of carbonyl (C=O) groups is 2. The number of para-hydroxylation sites is 2. The number of anilines is 5. The molecule has 4 amide bonds. The molecule has 39 heavy (non-hydrogen) atoms. The van der Waals surface area contributed by atoms with Crippen molar-refractivity contribution in [3.05, 3.63) is 119 Å². The van der Waals surface area contributed by atoms with E-state index in [1.165, 1.54) is 24.3 Å². The predicted molar refractivity (Wildman–Crippen MR) is 155 cm³/mol. The minimum absolute atomic E-state index is 0.0194. The maximum atomic E-state index is 11.6. The Morgan fingerprint density at radius 2 is 0.974 bits per heavy atom. The topological polar surface area (TPSA) is 172 Å². The number of nitrogen functional groups attached to an aromatic ring is 1. The number of nitrogens with two attached hydrogens (primary N) is 1. The number of nitro benzene ring substituents is 1. The van der Waals surface area contributed by atoms with Crippen molar-refractivity contribution in [3.63, 3.8) is 0 Å². The predicted octanol–water partition coefficient (Wildman–Crippen LogP) is 6.15. The number of rotatable bonds is 5. The van der Waals surface area contributed by atoms with Crippen molar-refractivity contribution in [1.29, 1.82) is 0 Å². The van der Waals surface area contributed by atoms with Crippen molar-refractivity contribution in [1.82, 2.24) is 0 Å². The summed E-state index contributed by atoms with van der Waals surface area (Å²) in [5, 5.41) is 28.7. The Bertz CT molecular complexity index is 1300. The van der Waals surface area contributed by atoms with E-state index in [-0.39, 0.29) is 18.3 Å². The summed E-state index contributed by atoms with van der Waals surface area (Å²) in [6, 6.07) is 30.1. The molecule has 0 bridgehead atoms. The first-order valence-electron chi connectivity index (χ1n) is 11.8. The van der Waals surface area contributed by atoms with Gasteiger partial charge in [0.1, 0.15) is 0 Å². The average molecular weight is 531 g/mol. The molecule has 202 valence electrons. The summed E-state index contributed by atoms with van der Waals surface area (Å²) >= 11 is 0. The molecule has 11 heteroatoms. The molecule has 0 aliphatic carbocycles. The summed E-state index contributed by atoms with van der Waals surface area (Å²) < 4.78 is 0. The summed E-state index contributed by atoms with van der Waals surface area (Å²) in [7, 11) is 0. The third-order valence-corrected chi connectivity index (χ3v) is 4.57. The van der Waals surface area contributed by atoms with Crippen LogP contribution in [0.4, 0.5) is 43.7 Å². The Kier molecular flexibility index (Phi) is 12.5. The molecule has 4 aromatic rings. The molecule has 0 aliphatic heterocycles. The van der Waals surface area contributed by atoms with E-state index in [0.29, 0.717) is 22.7 Å². The lowest BCUT2D eigenvalue weighted by Crippen LogP contribution is -2.19. The highest BCUT2D eigenvalue weighted by atomic mass is 16.6. The Morgan fingerprint density at radius 3 is 1.31 bits per heavy atom. The van der Waals surface area contributed by atoms with Crippen molar-refractivity contribution < 1.29 is 19.6 Å². The number of nitrogens with one attached hydrogen (secondary N) is 4. The van der Waals surface area contributed by atoms with Gasteiger partial charge in [-0.1, -0.05) is 36.4 Å². The van der Waals surface area contributed by atoms with Gasteiger partial charge in [-0.2, -0.15) is 0 Å². The number of hydrogen-bond donors (Lipinski definition) is 6. The highest BCUT2D eigenvalue weighted by Crippen LogP contribution is 2.16. The van der Waals surface area contributed by atoms with Crippen LogP contribution in [-0.2, 0) is 0 Å². The third-order valence-electron chi connectivity index (χ3n) is 4.57. The fourth-order valence-corrected chi connectivity index (χ4v) is 2.86. The van der Waals surface area contributed by atoms with Crippen LogP contribution in [0.1, 0.15) is 6.92 Å². The lowest BCUT2D eigenvalue weighted by molar-refractivity contribution is -0.384. The van der Waals surface area contributed by atoms with Gasteiger partial charge in [-0.05, 0) is 67.6 Å². The highest BCUT2D eigenvalue weighted by Gasteiger charge is 2.06. The normalized spacial score (nSPS) is 9.38. The molecule has 4 aromatic carbocycles. The molecule has 0 atom stereocenters. The number of nitro groups is 1. The minimum atomic E-state index is -0.492. The van der Waals surface area contributed by atoms with Gasteiger partial charge in [-0.3, -0.25) is 10.1 Å². The van der Waals surface area contributed by atoms with Crippen molar-refractivity contribution in [2.75, 3.05) is 33.6 Å². The number of urea groups is 2. The zero-order valence-electron chi connectivity index (χ0n) is 21.2. The second kappa shape index (κ2) is 16.3. The van der Waals surface area contributed by atoms with E-state index in [0.717, 1.165) is 5.69 Å². The van der Waals surface area contributed by atoms with Gasteiger partial charge in [-0.15, -0.1) is 0 Å². The van der Waals surface area contributed by atoms with E-state index in [4.69, 9.17) is 10.8 Å². The number of benzene rings is 4. The lowest BCUT2D eigenvalue weighted by Gasteiger charge is -2.07. The van der Waals surface area contributed by atoms with Crippen LogP contribution in [0.3, 0.4) is 0 Å². The highest BCUT2D eigenvalue weighted by molar-refractivity contribution is 6.00. The monoisotopic (exact) mass is 530 g/mol. The standard InChI is InChI=1S/C13H11N3O3.C13H13N3O.C2H6O/c17-13(14-10-4-2-1-3-5-10)15-11-6-8-12(9-7-11)16(18)19;14-10-6-8-12(9-7-10)16-13(17)15-11-4-2-1-3-5-11;1-2-3/h1-9H,(H2,14,15,17);1-9H,14H2,(H2,15,16,17);3H,2H2,1H3. The van der Waals surface area contributed by atoms with Crippen LogP contribution in [0, 0.1) is 10.1 Å². The van der Waals surface area contributed by atoms with Gasteiger partial charge in [-0.25, -0.2) is 9.59 Å². The van der Waals surface area contributed by atoms with Gasteiger partial charge in [0.15, 0.2) is 0 Å². The van der Waals surface area contributed by atoms with Crippen molar-refractivity contribution in [3.8, 4) is 0 Å². The number of nitrogens with zero attached hydrogens (tertiary/aromatic N) is 1. The van der Waals surface area contributed by atoms with Crippen LogP contribution >= 0.6 is 0 Å². The number of aliphatic hydroxyl groups is 1. The van der Waals surface area contributed by atoms with E-state index in [9.17, 15) is 19.7 Å². The fraction of sp³-hybridized carbons (Fsp3) is 0.0714. The van der Waals surface area contributed by atoms with Gasteiger partial charge in [0.05, 0.1) is 4.92 Å². The molecular formula is C28H30N6O5. The second-order valence-corrected chi connectivity index (χ2v) is 7.63. The zero-order valence-corrected chi connectivity index (χ0v) is 21.2. The summed E-state index contributed by atoms with van der Waals surface area (Å²) in [6.07, 6.45) is 0. The molecule has 7 N–H and O–H groups in total. The van der Waals surface area contributed by atoms with E-state index >= 15 is 0 Å². The Hall–Kier alpha value is -5.42. The van der Waals surface area contributed by atoms with Crippen molar-refractivity contribution in [2.24, 2.45) is 0 Å². The molecule has 0 aromatic heterocycles. The van der Waals surface area contributed by atoms with Crippen LogP contribution in [0.2, 0.25) is 0 Å². The first-order chi connectivity index (χ1) is 18.8. The fourth-order valence-electron chi connectivity index (χ4n) is 2.86. The van der Waals surface area contributed by atoms with Crippen LogP contribution in [0.5, 0.6) is 0 Å². The van der Waals surface area contributed by atoms with E-state index < -0.39 is 11.0 Å². The van der Waals surface area contributed by atoms with Gasteiger partial charge < -0.3 is 32.1 Å². The first-order valence-corrected chi connectivity index (χ1v) is 11.8. The molecular weight excluding hydrogens is 500 g/mol. The molecule has 0 heterocycles. The van der Waals surface area contributed by atoms with E-state index in [1.807, 2.05) is 48.5 Å². The smallest absolute Gasteiger partial charge is 0.323 e. The summed E-state index contributed by atoms with van der Waals surface area (Å²) in [5.74, 6) is 0. The van der Waals surface area contributed by atoms with Gasteiger partial charge in [0, 0.05) is 47.2 Å². The second-order valence-electron chi connectivity index (χ2n) is 7.63.